The summed E-state index contributed by atoms with van der Waals surface area (Å²) in [7, 11) is 0. The second-order valence-electron chi connectivity index (χ2n) is 4.46. The van der Waals surface area contributed by atoms with Gasteiger partial charge in [0.15, 0.2) is 0 Å². The minimum Gasteiger partial charge on any atom is -0.478 e. The quantitative estimate of drug-likeness (QED) is 0.530. The molecule has 4 nitrogen and oxygen atoms in total. The molecule has 0 aliphatic rings. The topological polar surface area (TPSA) is 63.6 Å². The highest BCUT2D eigenvalue weighted by atomic mass is 16.5. The molecule has 0 aliphatic carbocycles. The van der Waals surface area contributed by atoms with Gasteiger partial charge in [-0.2, -0.15) is 0 Å². The van der Waals surface area contributed by atoms with E-state index in [4.69, 9.17) is 9.84 Å². The zero-order chi connectivity index (χ0) is 15.2. The lowest BCUT2D eigenvalue weighted by Crippen LogP contribution is -2.07. The van der Waals surface area contributed by atoms with Crippen LogP contribution in [0.25, 0.3) is 6.08 Å². The number of hydrogen-bond donors (Lipinski definition) is 1. The molecule has 0 fully saturated rings. The molecular weight excluding hydrogens is 268 g/mol. The van der Waals surface area contributed by atoms with E-state index >= 15 is 0 Å². The molecule has 0 radical (unpaired) electrons. The molecule has 0 spiro atoms. The van der Waals surface area contributed by atoms with Crippen molar-refractivity contribution in [2.45, 2.75) is 6.92 Å². The van der Waals surface area contributed by atoms with Gasteiger partial charge in [0.1, 0.15) is 5.75 Å². The monoisotopic (exact) mass is 282 g/mol. The molecule has 0 saturated heterocycles. The fourth-order valence-corrected chi connectivity index (χ4v) is 1.68. The average Bonchev–Trinajstić information content (AvgIpc) is 2.50. The predicted octanol–water partition coefficient (Wildman–Crippen LogP) is 3.39. The third-order valence-corrected chi connectivity index (χ3v) is 2.82. The van der Waals surface area contributed by atoms with Crippen LogP contribution >= 0.6 is 0 Å². The molecule has 1 N–H and O–H groups in total. The van der Waals surface area contributed by atoms with Crippen molar-refractivity contribution in [3.8, 4) is 5.75 Å². The van der Waals surface area contributed by atoms with Gasteiger partial charge in [0.2, 0.25) is 0 Å². The highest BCUT2D eigenvalue weighted by Gasteiger charge is 2.07. The molecule has 4 heteroatoms. The Balaban J connectivity index is 2.08. The Morgan fingerprint density at radius 2 is 1.62 bits per heavy atom. The van der Waals surface area contributed by atoms with Gasteiger partial charge < -0.3 is 9.84 Å². The molecule has 106 valence electrons. The molecule has 0 unspecified atom stereocenters. The number of hydrogen-bond acceptors (Lipinski definition) is 3. The van der Waals surface area contributed by atoms with Crippen LogP contribution < -0.4 is 4.74 Å². The van der Waals surface area contributed by atoms with Gasteiger partial charge in [-0.05, 0) is 42.8 Å². The van der Waals surface area contributed by atoms with Gasteiger partial charge in [-0.1, -0.05) is 30.3 Å². The van der Waals surface area contributed by atoms with Crippen LogP contribution in [0.4, 0.5) is 0 Å². The summed E-state index contributed by atoms with van der Waals surface area (Å²) in [5.41, 5.74) is 1.45. The number of carbonyl (C=O) groups excluding carboxylic acids is 1. The van der Waals surface area contributed by atoms with E-state index in [0.717, 1.165) is 5.56 Å². The van der Waals surface area contributed by atoms with Crippen molar-refractivity contribution < 1.29 is 19.4 Å². The number of carboxylic acid groups (broad SMARTS) is 1. The van der Waals surface area contributed by atoms with Crippen molar-refractivity contribution in [3.05, 3.63) is 71.3 Å². The Morgan fingerprint density at radius 3 is 2.19 bits per heavy atom. The van der Waals surface area contributed by atoms with Crippen LogP contribution in [0.15, 0.2) is 60.2 Å². The standard InChI is InChI=1S/C17H14O4/c1-12(16(18)19)11-13-7-9-15(10-8-13)21-17(20)14-5-3-2-4-6-14/h2-11H,1H3,(H,18,19)/b12-11+. The molecule has 0 heterocycles. The second kappa shape index (κ2) is 6.52. The lowest BCUT2D eigenvalue weighted by molar-refractivity contribution is -0.132. The van der Waals surface area contributed by atoms with Crippen LogP contribution in [-0.2, 0) is 4.79 Å². The van der Waals surface area contributed by atoms with Crippen molar-refractivity contribution in [2.24, 2.45) is 0 Å². The van der Waals surface area contributed by atoms with E-state index in [1.165, 1.54) is 6.92 Å². The fourth-order valence-electron chi connectivity index (χ4n) is 1.68. The number of aliphatic carboxylic acids is 1. The minimum absolute atomic E-state index is 0.240. The van der Waals surface area contributed by atoms with Crippen molar-refractivity contribution in [1.82, 2.24) is 0 Å². The molecule has 2 aromatic rings. The smallest absolute Gasteiger partial charge is 0.343 e. The Morgan fingerprint density at radius 1 is 1.00 bits per heavy atom. The van der Waals surface area contributed by atoms with Gasteiger partial charge in [0, 0.05) is 5.57 Å². The molecule has 21 heavy (non-hydrogen) atoms. The first-order valence-electron chi connectivity index (χ1n) is 6.35. The maximum Gasteiger partial charge on any atom is 0.343 e. The maximum absolute atomic E-state index is 11.9. The van der Waals surface area contributed by atoms with Crippen LogP contribution in [0, 0.1) is 0 Å². The normalized spacial score (nSPS) is 11.0. The lowest BCUT2D eigenvalue weighted by atomic mass is 10.1. The van der Waals surface area contributed by atoms with Crippen LogP contribution in [0.1, 0.15) is 22.8 Å². The molecule has 0 amide bonds. The molecule has 0 saturated carbocycles. The summed E-state index contributed by atoms with van der Waals surface area (Å²) >= 11 is 0. The Labute approximate surface area is 122 Å². The first-order chi connectivity index (χ1) is 10.1. The average molecular weight is 282 g/mol. The van der Waals surface area contributed by atoms with Crippen molar-refractivity contribution in [1.29, 1.82) is 0 Å². The van der Waals surface area contributed by atoms with Gasteiger partial charge >= 0.3 is 11.9 Å². The number of benzene rings is 2. The summed E-state index contributed by atoms with van der Waals surface area (Å²) in [4.78, 5) is 22.6. The highest BCUT2D eigenvalue weighted by Crippen LogP contribution is 2.16. The number of carbonyl (C=O) groups is 2. The third-order valence-electron chi connectivity index (χ3n) is 2.82. The molecule has 0 aliphatic heterocycles. The molecule has 0 atom stereocenters. The van der Waals surface area contributed by atoms with E-state index in [1.54, 1.807) is 54.6 Å². The summed E-state index contributed by atoms with van der Waals surface area (Å²) in [6, 6.07) is 15.3. The van der Waals surface area contributed by atoms with E-state index in [-0.39, 0.29) is 5.57 Å². The second-order valence-corrected chi connectivity index (χ2v) is 4.46. The van der Waals surface area contributed by atoms with Crippen molar-refractivity contribution in [2.75, 3.05) is 0 Å². The van der Waals surface area contributed by atoms with Crippen LogP contribution in [0.5, 0.6) is 5.75 Å². The summed E-state index contributed by atoms with van der Waals surface area (Å²) < 4.78 is 5.23. The number of rotatable bonds is 4. The minimum atomic E-state index is -0.963. The van der Waals surface area contributed by atoms with Gasteiger partial charge in [-0.3, -0.25) is 0 Å². The molecule has 2 rings (SSSR count). The fraction of sp³-hybridized carbons (Fsp3) is 0.0588. The van der Waals surface area contributed by atoms with E-state index < -0.39 is 11.9 Å². The Hall–Kier alpha value is -2.88. The number of esters is 1. The molecule has 2 aromatic carbocycles. The van der Waals surface area contributed by atoms with Crippen LogP contribution in [-0.4, -0.2) is 17.0 Å². The summed E-state index contributed by atoms with van der Waals surface area (Å²) in [6.07, 6.45) is 1.55. The van der Waals surface area contributed by atoms with Crippen molar-refractivity contribution >= 4 is 18.0 Å². The lowest BCUT2D eigenvalue weighted by Gasteiger charge is -2.04. The maximum atomic E-state index is 11.9. The van der Waals surface area contributed by atoms with Crippen LogP contribution in [0.2, 0.25) is 0 Å². The summed E-state index contributed by atoms with van der Waals surface area (Å²) in [5, 5.41) is 8.81. The Bertz CT molecular complexity index is 670. The zero-order valence-corrected chi connectivity index (χ0v) is 11.4. The molecular formula is C17H14O4. The zero-order valence-electron chi connectivity index (χ0n) is 11.4. The first-order valence-corrected chi connectivity index (χ1v) is 6.35. The summed E-state index contributed by atoms with van der Waals surface area (Å²) in [6.45, 7) is 1.52. The van der Waals surface area contributed by atoms with Gasteiger partial charge in [0.05, 0.1) is 5.56 Å². The van der Waals surface area contributed by atoms with E-state index in [2.05, 4.69) is 0 Å². The van der Waals surface area contributed by atoms with Crippen LogP contribution in [0.3, 0.4) is 0 Å². The highest BCUT2D eigenvalue weighted by molar-refractivity contribution is 5.92. The summed E-state index contributed by atoms with van der Waals surface area (Å²) in [5.74, 6) is -0.982. The van der Waals surface area contributed by atoms with E-state index in [9.17, 15) is 9.59 Å². The third kappa shape index (κ3) is 4.04. The molecule has 0 aromatic heterocycles. The predicted molar refractivity (Wildman–Crippen MR) is 79.1 cm³/mol. The van der Waals surface area contributed by atoms with E-state index in [1.807, 2.05) is 6.07 Å². The van der Waals surface area contributed by atoms with Gasteiger partial charge in [0.25, 0.3) is 0 Å². The largest absolute Gasteiger partial charge is 0.478 e. The van der Waals surface area contributed by atoms with Crippen molar-refractivity contribution in [3.63, 3.8) is 0 Å². The van der Waals surface area contributed by atoms with Gasteiger partial charge in [-0.25, -0.2) is 9.59 Å². The first kappa shape index (κ1) is 14.5. The number of ether oxygens (including phenoxy) is 1. The Kier molecular flexibility index (Phi) is 4.51. The van der Waals surface area contributed by atoms with E-state index in [0.29, 0.717) is 11.3 Å². The molecule has 0 bridgehead atoms. The number of carboxylic acids is 1. The van der Waals surface area contributed by atoms with Gasteiger partial charge in [-0.15, -0.1) is 0 Å². The SMILES string of the molecule is C/C(=C\c1ccc(OC(=O)c2ccccc2)cc1)C(=O)O.